The molecule has 1 aliphatic heterocycles. The highest BCUT2D eigenvalue weighted by Gasteiger charge is 2.27. The maximum atomic E-state index is 13.5. The SMILES string of the molecule is Cc1cccc(S(=O)(=O)N(c2ccccc2)c2cccc(OCC3CO3)c2)c1. The first-order valence-electron chi connectivity index (χ1n) is 9.05. The third-order valence-corrected chi connectivity index (χ3v) is 6.16. The van der Waals surface area contributed by atoms with E-state index in [0.29, 0.717) is 30.3 Å². The number of rotatable bonds is 7. The highest BCUT2D eigenvalue weighted by Crippen LogP contribution is 2.34. The van der Waals surface area contributed by atoms with Crippen LogP contribution in [-0.2, 0) is 14.8 Å². The van der Waals surface area contributed by atoms with Gasteiger partial charge in [0.1, 0.15) is 18.5 Å². The number of anilines is 2. The molecule has 1 aliphatic rings. The average Bonchev–Trinajstić information content (AvgIpc) is 3.52. The Morgan fingerprint density at radius 3 is 2.39 bits per heavy atom. The summed E-state index contributed by atoms with van der Waals surface area (Å²) >= 11 is 0. The molecule has 0 amide bonds. The Hall–Kier alpha value is -2.83. The van der Waals surface area contributed by atoms with Crippen LogP contribution in [0.2, 0.25) is 0 Å². The van der Waals surface area contributed by atoms with Crippen molar-refractivity contribution in [2.75, 3.05) is 17.5 Å². The first-order valence-corrected chi connectivity index (χ1v) is 10.5. The molecule has 6 heteroatoms. The summed E-state index contributed by atoms with van der Waals surface area (Å²) in [7, 11) is -3.81. The van der Waals surface area contributed by atoms with Gasteiger partial charge in [-0.25, -0.2) is 12.7 Å². The molecule has 5 nitrogen and oxygen atoms in total. The Balaban J connectivity index is 1.77. The van der Waals surface area contributed by atoms with Crippen LogP contribution < -0.4 is 9.04 Å². The quantitative estimate of drug-likeness (QED) is 0.560. The van der Waals surface area contributed by atoms with Gasteiger partial charge >= 0.3 is 0 Å². The van der Waals surface area contributed by atoms with Crippen molar-refractivity contribution in [2.45, 2.75) is 17.9 Å². The molecule has 0 aliphatic carbocycles. The average molecular weight is 395 g/mol. The van der Waals surface area contributed by atoms with Gasteiger partial charge in [-0.2, -0.15) is 0 Å². The molecular formula is C22H21NO4S. The van der Waals surface area contributed by atoms with Crippen LogP contribution in [0, 0.1) is 6.92 Å². The van der Waals surface area contributed by atoms with Crippen LogP contribution in [0.5, 0.6) is 5.75 Å². The van der Waals surface area contributed by atoms with E-state index in [0.717, 1.165) is 5.56 Å². The van der Waals surface area contributed by atoms with Gasteiger partial charge in [0.15, 0.2) is 0 Å². The molecule has 3 aromatic carbocycles. The molecule has 0 radical (unpaired) electrons. The lowest BCUT2D eigenvalue weighted by atomic mass is 10.2. The number of hydrogen-bond acceptors (Lipinski definition) is 4. The zero-order chi connectivity index (χ0) is 19.6. The molecule has 144 valence electrons. The molecule has 1 heterocycles. The molecule has 0 spiro atoms. The summed E-state index contributed by atoms with van der Waals surface area (Å²) < 4.78 is 39.3. The van der Waals surface area contributed by atoms with Crippen LogP contribution >= 0.6 is 0 Å². The third-order valence-electron chi connectivity index (χ3n) is 4.41. The summed E-state index contributed by atoms with van der Waals surface area (Å²) in [5.74, 6) is 0.605. The minimum Gasteiger partial charge on any atom is -0.491 e. The zero-order valence-electron chi connectivity index (χ0n) is 15.5. The van der Waals surface area contributed by atoms with Gasteiger partial charge in [-0.3, -0.25) is 0 Å². The number of aryl methyl sites for hydroxylation is 1. The van der Waals surface area contributed by atoms with Gasteiger partial charge in [0.05, 0.1) is 22.9 Å². The summed E-state index contributed by atoms with van der Waals surface area (Å²) in [6.45, 7) is 3.04. The van der Waals surface area contributed by atoms with Gasteiger partial charge in [0.25, 0.3) is 10.0 Å². The Morgan fingerprint density at radius 1 is 0.964 bits per heavy atom. The van der Waals surface area contributed by atoms with Crippen molar-refractivity contribution >= 4 is 21.4 Å². The summed E-state index contributed by atoms with van der Waals surface area (Å²) in [5.41, 5.74) is 1.96. The number of sulfonamides is 1. The van der Waals surface area contributed by atoms with Crippen LogP contribution in [0.3, 0.4) is 0 Å². The zero-order valence-corrected chi connectivity index (χ0v) is 16.3. The molecule has 28 heavy (non-hydrogen) atoms. The van der Waals surface area contributed by atoms with Gasteiger partial charge in [-0.15, -0.1) is 0 Å². The van der Waals surface area contributed by atoms with Gasteiger partial charge in [0.2, 0.25) is 0 Å². The van der Waals surface area contributed by atoms with Crippen molar-refractivity contribution in [3.05, 3.63) is 84.4 Å². The molecule has 1 unspecified atom stereocenters. The molecule has 0 bridgehead atoms. The van der Waals surface area contributed by atoms with E-state index in [1.807, 2.05) is 37.3 Å². The van der Waals surface area contributed by atoms with E-state index in [9.17, 15) is 8.42 Å². The number of hydrogen-bond donors (Lipinski definition) is 0. The first kappa shape index (κ1) is 18.5. The highest BCUT2D eigenvalue weighted by atomic mass is 32.2. The second kappa shape index (κ2) is 7.66. The number of para-hydroxylation sites is 1. The lowest BCUT2D eigenvalue weighted by Crippen LogP contribution is -2.26. The van der Waals surface area contributed by atoms with Crippen LogP contribution in [-0.4, -0.2) is 27.7 Å². The van der Waals surface area contributed by atoms with Crippen LogP contribution in [0.25, 0.3) is 0 Å². The molecule has 4 rings (SSSR count). The lowest BCUT2D eigenvalue weighted by molar-refractivity contribution is 0.263. The standard InChI is InChI=1S/C22H21NO4S/c1-17-7-5-12-22(13-17)28(24,25)23(18-8-3-2-4-9-18)19-10-6-11-20(14-19)26-15-21-16-27-21/h2-14,21H,15-16H2,1H3. The summed E-state index contributed by atoms with van der Waals surface area (Å²) in [6.07, 6.45) is 0.130. The van der Waals surface area contributed by atoms with Crippen molar-refractivity contribution < 1.29 is 17.9 Å². The third kappa shape index (κ3) is 4.03. The second-order valence-corrected chi connectivity index (χ2v) is 8.47. The fraction of sp³-hybridized carbons (Fsp3) is 0.182. The Labute approximate surface area is 165 Å². The molecule has 1 atom stereocenters. The smallest absolute Gasteiger partial charge is 0.268 e. The molecule has 0 N–H and O–H groups in total. The normalized spacial score (nSPS) is 15.8. The Morgan fingerprint density at radius 2 is 1.68 bits per heavy atom. The Kier molecular flexibility index (Phi) is 5.07. The lowest BCUT2D eigenvalue weighted by Gasteiger charge is -2.25. The largest absolute Gasteiger partial charge is 0.491 e. The fourth-order valence-corrected chi connectivity index (χ4v) is 4.51. The van der Waals surface area contributed by atoms with Gasteiger partial charge in [0, 0.05) is 6.07 Å². The summed E-state index contributed by atoms with van der Waals surface area (Å²) in [5, 5.41) is 0. The first-order chi connectivity index (χ1) is 13.5. The van der Waals surface area contributed by atoms with Gasteiger partial charge in [-0.05, 0) is 48.9 Å². The molecule has 0 aromatic heterocycles. The molecule has 1 fully saturated rings. The van der Waals surface area contributed by atoms with Gasteiger partial charge in [-0.1, -0.05) is 36.4 Å². The van der Waals surface area contributed by atoms with Crippen molar-refractivity contribution in [3.63, 3.8) is 0 Å². The van der Waals surface area contributed by atoms with E-state index < -0.39 is 10.0 Å². The minimum atomic E-state index is -3.81. The van der Waals surface area contributed by atoms with E-state index >= 15 is 0 Å². The monoisotopic (exact) mass is 395 g/mol. The number of benzene rings is 3. The summed E-state index contributed by atoms with van der Waals surface area (Å²) in [4.78, 5) is 0.244. The Bertz CT molecular complexity index is 1060. The summed E-state index contributed by atoms with van der Waals surface area (Å²) in [6, 6.07) is 23.1. The molecule has 3 aromatic rings. The van der Waals surface area contributed by atoms with Crippen molar-refractivity contribution in [2.24, 2.45) is 0 Å². The second-order valence-electron chi connectivity index (χ2n) is 6.69. The van der Waals surface area contributed by atoms with E-state index in [-0.39, 0.29) is 11.0 Å². The molecule has 0 saturated carbocycles. The van der Waals surface area contributed by atoms with Crippen LogP contribution in [0.1, 0.15) is 5.56 Å². The number of ether oxygens (including phenoxy) is 2. The van der Waals surface area contributed by atoms with E-state index in [4.69, 9.17) is 9.47 Å². The van der Waals surface area contributed by atoms with Crippen LogP contribution in [0.15, 0.2) is 83.8 Å². The van der Waals surface area contributed by atoms with Crippen molar-refractivity contribution in [1.29, 1.82) is 0 Å². The predicted molar refractivity (Wildman–Crippen MR) is 109 cm³/mol. The van der Waals surface area contributed by atoms with Crippen molar-refractivity contribution in [3.8, 4) is 5.75 Å². The minimum absolute atomic E-state index is 0.130. The van der Waals surface area contributed by atoms with Crippen LogP contribution in [0.4, 0.5) is 11.4 Å². The van der Waals surface area contributed by atoms with Gasteiger partial charge < -0.3 is 9.47 Å². The van der Waals surface area contributed by atoms with E-state index in [2.05, 4.69) is 0 Å². The number of epoxide rings is 1. The van der Waals surface area contributed by atoms with E-state index in [1.54, 1.807) is 48.5 Å². The predicted octanol–water partition coefficient (Wildman–Crippen LogP) is 4.30. The molecular weight excluding hydrogens is 374 g/mol. The van der Waals surface area contributed by atoms with E-state index in [1.165, 1.54) is 4.31 Å². The topological polar surface area (TPSA) is 59.1 Å². The van der Waals surface area contributed by atoms with Crippen molar-refractivity contribution in [1.82, 2.24) is 0 Å². The number of nitrogens with zero attached hydrogens (tertiary/aromatic N) is 1. The highest BCUT2D eigenvalue weighted by molar-refractivity contribution is 7.93. The maximum Gasteiger partial charge on any atom is 0.268 e. The maximum absolute atomic E-state index is 13.5. The fourth-order valence-electron chi connectivity index (χ4n) is 2.92. The molecule has 1 saturated heterocycles.